The van der Waals surface area contributed by atoms with Gasteiger partial charge >= 0.3 is 0 Å². The fourth-order valence-electron chi connectivity index (χ4n) is 2.34. The molecule has 0 spiro atoms. The molecule has 2 heterocycles. The smallest absolute Gasteiger partial charge is 0.189 e. The minimum absolute atomic E-state index is 0.135. The summed E-state index contributed by atoms with van der Waals surface area (Å²) in [6.07, 6.45) is -2.41. The number of fused-ring (bicyclic) bond motifs is 2. The molecule has 0 aromatic rings. The van der Waals surface area contributed by atoms with Crippen LogP contribution in [0.4, 0.5) is 0 Å². The molecule has 0 radical (unpaired) electrons. The predicted molar refractivity (Wildman–Crippen MR) is 69.6 cm³/mol. The molecule has 0 saturated carbocycles. The maximum absolute atomic E-state index is 9.91. The van der Waals surface area contributed by atoms with Crippen molar-refractivity contribution in [2.24, 2.45) is 5.41 Å². The summed E-state index contributed by atoms with van der Waals surface area (Å²) in [6.45, 7) is 12.6. The van der Waals surface area contributed by atoms with Crippen molar-refractivity contribution >= 4 is 0 Å². The summed E-state index contributed by atoms with van der Waals surface area (Å²) in [4.78, 5) is 0. The van der Waals surface area contributed by atoms with E-state index < -0.39 is 18.7 Å². The Hall–Kier alpha value is -0.200. The molecule has 112 valence electrons. The highest BCUT2D eigenvalue weighted by Gasteiger charge is 2.53. The first-order valence-corrected chi connectivity index (χ1v) is 6.86. The number of ether oxygens (including phenoxy) is 4. The Balaban J connectivity index is 2.06. The summed E-state index contributed by atoms with van der Waals surface area (Å²) in [5, 5.41) is 9.91. The molecule has 1 N–H and O–H groups in total. The second-order valence-corrected chi connectivity index (χ2v) is 7.38. The molecule has 2 saturated heterocycles. The van der Waals surface area contributed by atoms with E-state index in [2.05, 4.69) is 20.8 Å². The van der Waals surface area contributed by atoms with Gasteiger partial charge in [0.1, 0.15) is 12.2 Å². The van der Waals surface area contributed by atoms with E-state index in [0.29, 0.717) is 6.61 Å². The monoisotopic (exact) mass is 274 g/mol. The third kappa shape index (κ3) is 3.47. The number of aliphatic hydroxyl groups is 1. The number of hydrogen-bond acceptors (Lipinski definition) is 5. The highest BCUT2D eigenvalue weighted by atomic mass is 16.8. The van der Waals surface area contributed by atoms with Crippen molar-refractivity contribution in [3.63, 3.8) is 0 Å². The molecule has 5 atom stereocenters. The SMILES string of the molecule is CC(C)(C)OCC1OC(C(C)(C)C)C2OC1OC2O. The second kappa shape index (κ2) is 4.97. The summed E-state index contributed by atoms with van der Waals surface area (Å²) in [7, 11) is 0. The lowest BCUT2D eigenvalue weighted by atomic mass is 9.85. The standard InChI is InChI=1S/C14H26O5/c1-13(2,3)10-9-11(15)19-12(18-9)8(17-10)7-16-14(4,5)6/h8-12,15H,7H2,1-6H3. The second-order valence-electron chi connectivity index (χ2n) is 7.38. The van der Waals surface area contributed by atoms with E-state index in [9.17, 15) is 5.11 Å². The van der Waals surface area contributed by atoms with E-state index in [-0.39, 0.29) is 23.2 Å². The molecule has 5 unspecified atom stereocenters. The molecule has 0 aliphatic carbocycles. The average molecular weight is 274 g/mol. The van der Waals surface area contributed by atoms with Crippen LogP contribution in [0.5, 0.6) is 0 Å². The maximum Gasteiger partial charge on any atom is 0.189 e. The van der Waals surface area contributed by atoms with Gasteiger partial charge in [0.25, 0.3) is 0 Å². The van der Waals surface area contributed by atoms with Gasteiger partial charge in [-0.1, -0.05) is 20.8 Å². The molecule has 2 bridgehead atoms. The third-order valence-corrected chi connectivity index (χ3v) is 3.30. The van der Waals surface area contributed by atoms with E-state index in [1.165, 1.54) is 0 Å². The van der Waals surface area contributed by atoms with Crippen molar-refractivity contribution in [3.8, 4) is 0 Å². The molecule has 5 heteroatoms. The van der Waals surface area contributed by atoms with Crippen molar-refractivity contribution in [1.29, 1.82) is 0 Å². The number of aliphatic hydroxyl groups excluding tert-OH is 1. The molecule has 2 fully saturated rings. The highest BCUT2D eigenvalue weighted by molar-refractivity contribution is 4.93. The Labute approximate surface area is 115 Å². The largest absolute Gasteiger partial charge is 0.373 e. The summed E-state index contributed by atoms with van der Waals surface area (Å²) in [6, 6.07) is 0. The predicted octanol–water partition coefficient (Wildman–Crippen LogP) is 1.67. The minimum Gasteiger partial charge on any atom is -0.373 e. The molecule has 2 aliphatic heterocycles. The van der Waals surface area contributed by atoms with Crippen LogP contribution >= 0.6 is 0 Å². The van der Waals surface area contributed by atoms with E-state index >= 15 is 0 Å². The first kappa shape index (κ1) is 15.2. The van der Waals surface area contributed by atoms with E-state index in [4.69, 9.17) is 18.9 Å². The highest BCUT2D eigenvalue weighted by Crippen LogP contribution is 2.39. The van der Waals surface area contributed by atoms with Gasteiger partial charge in [0.2, 0.25) is 0 Å². The zero-order valence-electron chi connectivity index (χ0n) is 12.7. The lowest BCUT2D eigenvalue weighted by molar-refractivity contribution is -0.262. The first-order chi connectivity index (χ1) is 8.58. The molecule has 2 aliphatic rings. The Kier molecular flexibility index (Phi) is 3.97. The number of rotatable bonds is 2. The quantitative estimate of drug-likeness (QED) is 0.830. The Morgan fingerprint density at radius 3 is 2.16 bits per heavy atom. The molecular formula is C14H26O5. The van der Waals surface area contributed by atoms with Crippen molar-refractivity contribution in [2.75, 3.05) is 6.61 Å². The molecule has 0 amide bonds. The molecule has 5 nitrogen and oxygen atoms in total. The van der Waals surface area contributed by atoms with Crippen LogP contribution in [0.2, 0.25) is 0 Å². The van der Waals surface area contributed by atoms with E-state index in [1.54, 1.807) is 0 Å². The van der Waals surface area contributed by atoms with Crippen LogP contribution in [0.15, 0.2) is 0 Å². The topological polar surface area (TPSA) is 57.2 Å². The Morgan fingerprint density at radius 1 is 1.00 bits per heavy atom. The first-order valence-electron chi connectivity index (χ1n) is 6.86. The zero-order chi connectivity index (χ0) is 14.4. The normalized spacial score (nSPS) is 39.6. The third-order valence-electron chi connectivity index (χ3n) is 3.30. The summed E-state index contributed by atoms with van der Waals surface area (Å²) in [5.41, 5.74) is -0.376. The molecule has 0 aromatic heterocycles. The van der Waals surface area contributed by atoms with Gasteiger partial charge < -0.3 is 24.1 Å². The van der Waals surface area contributed by atoms with Gasteiger partial charge in [0, 0.05) is 0 Å². The van der Waals surface area contributed by atoms with Gasteiger partial charge in [-0.2, -0.15) is 0 Å². The summed E-state index contributed by atoms with van der Waals surface area (Å²) in [5.74, 6) is 0. The van der Waals surface area contributed by atoms with Crippen molar-refractivity contribution in [1.82, 2.24) is 0 Å². The zero-order valence-corrected chi connectivity index (χ0v) is 12.7. The van der Waals surface area contributed by atoms with E-state index in [0.717, 1.165) is 0 Å². The van der Waals surface area contributed by atoms with Gasteiger partial charge in [0.05, 0.1) is 18.3 Å². The van der Waals surface area contributed by atoms with Crippen LogP contribution in [-0.2, 0) is 18.9 Å². The lowest BCUT2D eigenvalue weighted by Gasteiger charge is -2.41. The lowest BCUT2D eigenvalue weighted by Crippen LogP contribution is -2.53. The van der Waals surface area contributed by atoms with Gasteiger partial charge in [-0.25, -0.2) is 0 Å². The van der Waals surface area contributed by atoms with Crippen molar-refractivity contribution in [3.05, 3.63) is 0 Å². The fourth-order valence-corrected chi connectivity index (χ4v) is 2.34. The van der Waals surface area contributed by atoms with Crippen LogP contribution < -0.4 is 0 Å². The van der Waals surface area contributed by atoms with E-state index in [1.807, 2.05) is 20.8 Å². The molecule has 0 aromatic carbocycles. The molecular weight excluding hydrogens is 248 g/mol. The van der Waals surface area contributed by atoms with Gasteiger partial charge in [-0.15, -0.1) is 0 Å². The van der Waals surface area contributed by atoms with Crippen LogP contribution in [0.1, 0.15) is 41.5 Å². The Morgan fingerprint density at radius 2 is 1.63 bits per heavy atom. The summed E-state index contributed by atoms with van der Waals surface area (Å²) >= 11 is 0. The molecule has 19 heavy (non-hydrogen) atoms. The van der Waals surface area contributed by atoms with Crippen LogP contribution in [-0.4, -0.2) is 48.2 Å². The molecule has 2 rings (SSSR count). The van der Waals surface area contributed by atoms with Gasteiger partial charge in [-0.3, -0.25) is 0 Å². The average Bonchev–Trinajstić information content (AvgIpc) is 2.52. The van der Waals surface area contributed by atoms with Crippen LogP contribution in [0, 0.1) is 5.41 Å². The number of hydrogen-bond donors (Lipinski definition) is 1. The van der Waals surface area contributed by atoms with Crippen LogP contribution in [0.25, 0.3) is 0 Å². The Bertz CT molecular complexity index is 317. The van der Waals surface area contributed by atoms with Crippen molar-refractivity contribution in [2.45, 2.75) is 78.0 Å². The van der Waals surface area contributed by atoms with Crippen molar-refractivity contribution < 1.29 is 24.1 Å². The minimum atomic E-state index is -0.922. The summed E-state index contributed by atoms with van der Waals surface area (Å²) < 4.78 is 23.0. The fraction of sp³-hybridized carbons (Fsp3) is 1.00. The van der Waals surface area contributed by atoms with Gasteiger partial charge in [0.15, 0.2) is 12.6 Å². The van der Waals surface area contributed by atoms with Crippen LogP contribution in [0.3, 0.4) is 0 Å². The van der Waals surface area contributed by atoms with Gasteiger partial charge in [-0.05, 0) is 26.2 Å². The maximum atomic E-state index is 9.91.